The first-order valence-corrected chi connectivity index (χ1v) is 3.05. The molecule has 0 amide bonds. The number of carbonyl (C=O) groups excluding carboxylic acids is 1. The summed E-state index contributed by atoms with van der Waals surface area (Å²) in [7, 11) is 6.63. The van der Waals surface area contributed by atoms with Crippen molar-refractivity contribution in [2.24, 2.45) is 0 Å². The summed E-state index contributed by atoms with van der Waals surface area (Å²) >= 11 is 0. The van der Waals surface area contributed by atoms with Crippen LogP contribution >= 0.6 is 0 Å². The number of aromatic nitrogens is 1. The molecule has 0 aliphatic carbocycles. The molecule has 0 spiro atoms. The SMILES string of the molecule is [B]c1cccc(C(=O)OC)n1. The minimum absolute atomic E-state index is 0.229. The van der Waals surface area contributed by atoms with Gasteiger partial charge < -0.3 is 4.74 Å². The lowest BCUT2D eigenvalue weighted by molar-refractivity contribution is 0.0594. The molecule has 0 aliphatic rings. The molecule has 1 aromatic rings. The first-order valence-electron chi connectivity index (χ1n) is 3.05. The van der Waals surface area contributed by atoms with Crippen molar-refractivity contribution in [2.75, 3.05) is 7.11 Å². The van der Waals surface area contributed by atoms with E-state index in [0.717, 1.165) is 0 Å². The van der Waals surface area contributed by atoms with Gasteiger partial charge in [0.05, 0.1) is 7.11 Å². The van der Waals surface area contributed by atoms with Crippen LogP contribution in [0.4, 0.5) is 0 Å². The molecule has 54 valence electrons. The molecule has 0 atom stereocenters. The van der Waals surface area contributed by atoms with Crippen molar-refractivity contribution in [3.8, 4) is 0 Å². The molecule has 1 aromatic heterocycles. The van der Waals surface area contributed by atoms with E-state index in [2.05, 4.69) is 9.72 Å². The van der Waals surface area contributed by atoms with Gasteiger partial charge in [-0.25, -0.2) is 4.79 Å². The number of nitrogens with zero attached hydrogens (tertiary/aromatic N) is 1. The summed E-state index contributed by atoms with van der Waals surface area (Å²) in [5, 5.41) is 0. The van der Waals surface area contributed by atoms with Crippen molar-refractivity contribution in [3.05, 3.63) is 23.9 Å². The number of hydrogen-bond donors (Lipinski definition) is 0. The third kappa shape index (κ3) is 1.80. The van der Waals surface area contributed by atoms with Crippen LogP contribution in [0.2, 0.25) is 0 Å². The molecule has 4 heteroatoms. The number of methoxy groups -OCH3 is 1. The smallest absolute Gasteiger partial charge is 0.356 e. The second kappa shape index (κ2) is 3.19. The maximum absolute atomic E-state index is 10.8. The molecule has 2 radical (unpaired) electrons. The van der Waals surface area contributed by atoms with E-state index in [-0.39, 0.29) is 5.69 Å². The number of esters is 1. The number of hydrogen-bond acceptors (Lipinski definition) is 3. The highest BCUT2D eigenvalue weighted by atomic mass is 16.5. The fourth-order valence-electron chi connectivity index (χ4n) is 0.670. The summed E-state index contributed by atoms with van der Waals surface area (Å²) in [6.07, 6.45) is 0. The molecule has 3 nitrogen and oxygen atoms in total. The zero-order chi connectivity index (χ0) is 8.27. The van der Waals surface area contributed by atoms with Gasteiger partial charge in [0.2, 0.25) is 0 Å². The lowest BCUT2D eigenvalue weighted by Crippen LogP contribution is -2.13. The van der Waals surface area contributed by atoms with Crippen LogP contribution in [0.25, 0.3) is 0 Å². The van der Waals surface area contributed by atoms with Gasteiger partial charge in [0.25, 0.3) is 0 Å². The molecule has 0 saturated heterocycles. The highest BCUT2D eigenvalue weighted by molar-refractivity contribution is 6.30. The summed E-state index contributed by atoms with van der Waals surface area (Å²) in [6.45, 7) is 0. The van der Waals surface area contributed by atoms with Gasteiger partial charge >= 0.3 is 5.97 Å². The molecule has 1 heterocycles. The maximum atomic E-state index is 10.8. The van der Waals surface area contributed by atoms with Crippen LogP contribution in [0, 0.1) is 0 Å². The van der Waals surface area contributed by atoms with Crippen LogP contribution in [0.15, 0.2) is 18.2 Å². The molecular weight excluding hydrogens is 141 g/mol. The van der Waals surface area contributed by atoms with Gasteiger partial charge in [-0.2, -0.15) is 0 Å². The minimum atomic E-state index is -0.475. The van der Waals surface area contributed by atoms with Crippen molar-refractivity contribution in [1.82, 2.24) is 4.98 Å². The third-order valence-corrected chi connectivity index (χ3v) is 1.17. The molecule has 0 saturated carbocycles. The summed E-state index contributed by atoms with van der Waals surface area (Å²) in [5.74, 6) is -0.475. The zero-order valence-electron chi connectivity index (χ0n) is 6.07. The van der Waals surface area contributed by atoms with Gasteiger partial charge in [-0.1, -0.05) is 12.1 Å². The highest BCUT2D eigenvalue weighted by Gasteiger charge is 2.04. The number of pyridine rings is 1. The number of ether oxygens (including phenoxy) is 1. The van der Waals surface area contributed by atoms with Gasteiger partial charge in [0.15, 0.2) is 0 Å². The summed E-state index contributed by atoms with van der Waals surface area (Å²) in [4.78, 5) is 14.6. The van der Waals surface area contributed by atoms with Crippen LogP contribution in [0.1, 0.15) is 10.5 Å². The average Bonchev–Trinajstić information content (AvgIpc) is 2.03. The van der Waals surface area contributed by atoms with Crippen LogP contribution in [0.5, 0.6) is 0 Å². The van der Waals surface area contributed by atoms with E-state index in [1.54, 1.807) is 18.2 Å². The van der Waals surface area contributed by atoms with Gasteiger partial charge in [-0.05, 0) is 11.7 Å². The van der Waals surface area contributed by atoms with E-state index in [4.69, 9.17) is 7.85 Å². The molecule has 0 bridgehead atoms. The standard InChI is InChI=1S/C7H6BNO2/c1-11-7(10)5-3-2-4-6(8)9-5/h2-4H,1H3. The Morgan fingerprint density at radius 3 is 2.91 bits per heavy atom. The van der Waals surface area contributed by atoms with Crippen molar-refractivity contribution in [3.63, 3.8) is 0 Å². The van der Waals surface area contributed by atoms with E-state index >= 15 is 0 Å². The molecule has 0 aromatic carbocycles. The topological polar surface area (TPSA) is 39.2 Å². The molecule has 1 rings (SSSR count). The second-order valence-electron chi connectivity index (χ2n) is 1.94. The molecule has 0 unspecified atom stereocenters. The largest absolute Gasteiger partial charge is 0.464 e. The van der Waals surface area contributed by atoms with Crippen molar-refractivity contribution in [2.45, 2.75) is 0 Å². The minimum Gasteiger partial charge on any atom is -0.464 e. The predicted octanol–water partition coefficient (Wildman–Crippen LogP) is -0.338. The van der Waals surface area contributed by atoms with E-state index in [1.165, 1.54) is 7.11 Å². The fourth-order valence-corrected chi connectivity index (χ4v) is 0.670. The lowest BCUT2D eigenvalue weighted by atomic mass is 10.0. The van der Waals surface area contributed by atoms with Crippen LogP contribution in [-0.4, -0.2) is 25.9 Å². The summed E-state index contributed by atoms with van der Waals surface area (Å²) in [6, 6.07) is 4.79. The monoisotopic (exact) mass is 147 g/mol. The van der Waals surface area contributed by atoms with E-state index in [9.17, 15) is 4.79 Å². The fraction of sp³-hybridized carbons (Fsp3) is 0.143. The maximum Gasteiger partial charge on any atom is 0.356 e. The Hall–Kier alpha value is -1.32. The molecule has 0 fully saturated rings. The molecule has 0 aliphatic heterocycles. The Morgan fingerprint density at radius 1 is 1.64 bits per heavy atom. The normalized spacial score (nSPS) is 9.18. The van der Waals surface area contributed by atoms with Crippen LogP contribution < -0.4 is 5.59 Å². The first-order chi connectivity index (χ1) is 5.24. The van der Waals surface area contributed by atoms with Gasteiger partial charge in [0.1, 0.15) is 13.5 Å². The van der Waals surface area contributed by atoms with E-state index in [1.807, 2.05) is 0 Å². The third-order valence-electron chi connectivity index (χ3n) is 1.17. The highest BCUT2D eigenvalue weighted by Crippen LogP contribution is 1.92. The lowest BCUT2D eigenvalue weighted by Gasteiger charge is -1.97. The van der Waals surface area contributed by atoms with Crippen LogP contribution in [-0.2, 0) is 4.74 Å². The van der Waals surface area contributed by atoms with E-state index in [0.29, 0.717) is 5.59 Å². The van der Waals surface area contributed by atoms with Crippen molar-refractivity contribution in [1.29, 1.82) is 0 Å². The predicted molar refractivity (Wildman–Crippen MR) is 41.0 cm³/mol. The van der Waals surface area contributed by atoms with Crippen LogP contribution in [0.3, 0.4) is 0 Å². The Morgan fingerprint density at radius 2 is 2.36 bits per heavy atom. The van der Waals surface area contributed by atoms with Gasteiger partial charge in [0, 0.05) is 0 Å². The number of carbonyl (C=O) groups is 1. The Labute approximate surface area is 65.8 Å². The Balaban J connectivity index is 2.96. The molecule has 11 heavy (non-hydrogen) atoms. The second-order valence-corrected chi connectivity index (χ2v) is 1.94. The molecular formula is C7H6BNO2. The van der Waals surface area contributed by atoms with Gasteiger partial charge in [-0.3, -0.25) is 4.98 Å². The first kappa shape index (κ1) is 7.79. The zero-order valence-corrected chi connectivity index (χ0v) is 6.07. The Bertz CT molecular complexity index is 275. The van der Waals surface area contributed by atoms with Crippen molar-refractivity contribution >= 4 is 19.4 Å². The van der Waals surface area contributed by atoms with E-state index < -0.39 is 5.97 Å². The quantitative estimate of drug-likeness (QED) is 0.403. The van der Waals surface area contributed by atoms with Gasteiger partial charge in [-0.15, -0.1) is 0 Å². The summed E-state index contributed by atoms with van der Waals surface area (Å²) < 4.78 is 4.43. The summed E-state index contributed by atoms with van der Waals surface area (Å²) in [5.41, 5.74) is 0.542. The van der Waals surface area contributed by atoms with Crippen molar-refractivity contribution < 1.29 is 9.53 Å². The number of rotatable bonds is 1. The Kier molecular flexibility index (Phi) is 2.26. The average molecular weight is 147 g/mol. The molecule has 0 N–H and O–H groups in total.